The molecular weight excluding hydrogens is 382 g/mol. The number of pyridine rings is 1. The van der Waals surface area contributed by atoms with E-state index in [1.54, 1.807) is 26.8 Å². The number of carboxylic acid groups (broad SMARTS) is 1. The number of nitrogens with zero attached hydrogens (tertiary/aromatic N) is 2. The third-order valence-corrected chi connectivity index (χ3v) is 5.22. The van der Waals surface area contributed by atoms with Crippen LogP contribution in [0.5, 0.6) is 5.75 Å². The van der Waals surface area contributed by atoms with Gasteiger partial charge in [-0.15, -0.1) is 0 Å². The number of sulfone groups is 1. The average Bonchev–Trinajstić information content (AvgIpc) is 2.61. The van der Waals surface area contributed by atoms with Gasteiger partial charge in [0, 0.05) is 35.3 Å². The Morgan fingerprint density at radius 1 is 1.39 bits per heavy atom. The molecule has 9 heteroatoms. The minimum absolute atomic E-state index is 0.0103. The van der Waals surface area contributed by atoms with Crippen LogP contribution < -0.4 is 10.1 Å². The molecule has 0 aliphatic heterocycles. The second-order valence-electron chi connectivity index (χ2n) is 6.26. The maximum atomic E-state index is 11.9. The maximum absolute atomic E-state index is 11.9. The molecule has 0 spiro atoms. The van der Waals surface area contributed by atoms with Crippen LogP contribution in [0, 0.1) is 18.3 Å². The number of aromatic nitrogens is 1. The number of hydrogen-bond acceptors (Lipinski definition) is 6. The average molecular weight is 403 g/mol. The summed E-state index contributed by atoms with van der Waals surface area (Å²) in [6, 6.07) is 4.64. The molecule has 0 aliphatic carbocycles. The zero-order chi connectivity index (χ0) is 21.1. The van der Waals surface area contributed by atoms with Crippen molar-refractivity contribution >= 4 is 15.9 Å². The smallest absolute Gasteiger partial charge is 0.405 e. The Balaban J connectivity index is 2.87. The summed E-state index contributed by atoms with van der Waals surface area (Å²) in [5, 5.41) is 21.1. The summed E-state index contributed by atoms with van der Waals surface area (Å²) in [7, 11) is -3.51. The van der Waals surface area contributed by atoms with Crippen molar-refractivity contribution in [1.29, 1.82) is 5.26 Å². The summed E-state index contributed by atoms with van der Waals surface area (Å²) < 4.78 is 29.7. The number of carbonyl (C=O) groups is 1. The van der Waals surface area contributed by atoms with Gasteiger partial charge in [0.15, 0.2) is 9.84 Å². The quantitative estimate of drug-likeness (QED) is 0.758. The highest BCUT2D eigenvalue weighted by atomic mass is 32.2. The van der Waals surface area contributed by atoms with E-state index in [1.807, 2.05) is 0 Å². The first-order valence-electron chi connectivity index (χ1n) is 8.45. The summed E-state index contributed by atoms with van der Waals surface area (Å²) in [6.07, 6.45) is 2.56. The largest absolute Gasteiger partial charge is 0.493 e. The second-order valence-corrected chi connectivity index (χ2v) is 8.28. The van der Waals surface area contributed by atoms with Crippen molar-refractivity contribution in [3.8, 4) is 22.9 Å². The summed E-state index contributed by atoms with van der Waals surface area (Å²) in [4.78, 5) is 15.1. The van der Waals surface area contributed by atoms with Crippen LogP contribution in [0.3, 0.4) is 0 Å². The summed E-state index contributed by atoms with van der Waals surface area (Å²) in [5.74, 6) is 0.318. The van der Waals surface area contributed by atoms with Gasteiger partial charge in [0.1, 0.15) is 11.8 Å². The molecule has 1 aromatic heterocycles. The zero-order valence-electron chi connectivity index (χ0n) is 16.0. The van der Waals surface area contributed by atoms with E-state index in [2.05, 4.69) is 16.4 Å². The lowest BCUT2D eigenvalue weighted by molar-refractivity contribution is 0.190. The molecule has 1 atom stereocenters. The van der Waals surface area contributed by atoms with Gasteiger partial charge in [-0.05, 0) is 38.5 Å². The molecule has 1 unspecified atom stereocenters. The number of rotatable bonds is 6. The molecule has 0 bridgehead atoms. The van der Waals surface area contributed by atoms with E-state index in [0.717, 1.165) is 6.26 Å². The minimum Gasteiger partial charge on any atom is -0.493 e. The van der Waals surface area contributed by atoms with E-state index in [0.29, 0.717) is 33.6 Å². The van der Waals surface area contributed by atoms with Gasteiger partial charge in [-0.1, -0.05) is 0 Å². The monoisotopic (exact) mass is 403 g/mol. The fraction of sp³-hybridized carbons (Fsp3) is 0.316. The van der Waals surface area contributed by atoms with Gasteiger partial charge >= 0.3 is 6.09 Å². The molecule has 28 heavy (non-hydrogen) atoms. The van der Waals surface area contributed by atoms with Crippen molar-refractivity contribution in [3.05, 3.63) is 41.2 Å². The number of ether oxygens (including phenoxy) is 1. The first-order valence-corrected chi connectivity index (χ1v) is 10.3. The van der Waals surface area contributed by atoms with Crippen LogP contribution in [0.4, 0.5) is 4.79 Å². The summed E-state index contributed by atoms with van der Waals surface area (Å²) in [5.41, 5.74) is 2.24. The Kier molecular flexibility index (Phi) is 6.26. The van der Waals surface area contributed by atoms with E-state index in [4.69, 9.17) is 9.84 Å². The standard InChI is InChI=1S/C19H21N3O5S/c1-5-27-18-15(12(3)22-19(23)24)6-11(2)16(8-20)17(18)13-7-14(10-21-9-13)28(4,25)26/h6-7,9-10,12,22H,5H2,1-4H3,(H,23,24). The molecule has 0 fully saturated rings. The van der Waals surface area contributed by atoms with E-state index >= 15 is 0 Å². The van der Waals surface area contributed by atoms with Crippen molar-refractivity contribution < 1.29 is 23.1 Å². The SMILES string of the molecule is CCOc1c(C(C)NC(=O)O)cc(C)c(C#N)c1-c1cncc(S(C)(=O)=O)c1. The number of amides is 1. The van der Waals surface area contributed by atoms with Crippen molar-refractivity contribution in [2.24, 2.45) is 0 Å². The number of hydrogen-bond donors (Lipinski definition) is 2. The predicted octanol–water partition coefficient (Wildman–Crippen LogP) is 3.06. The lowest BCUT2D eigenvalue weighted by Gasteiger charge is -2.22. The Morgan fingerprint density at radius 2 is 2.07 bits per heavy atom. The summed E-state index contributed by atoms with van der Waals surface area (Å²) >= 11 is 0. The normalized spacial score (nSPS) is 12.1. The van der Waals surface area contributed by atoms with Gasteiger partial charge < -0.3 is 15.2 Å². The van der Waals surface area contributed by atoms with Crippen LogP contribution in [-0.2, 0) is 9.84 Å². The fourth-order valence-electron chi connectivity index (χ4n) is 2.89. The van der Waals surface area contributed by atoms with E-state index < -0.39 is 22.0 Å². The highest BCUT2D eigenvalue weighted by Crippen LogP contribution is 2.41. The minimum atomic E-state index is -3.51. The number of benzene rings is 1. The molecule has 1 amide bonds. The number of nitrogens with one attached hydrogen (secondary N) is 1. The van der Waals surface area contributed by atoms with Crippen LogP contribution in [0.2, 0.25) is 0 Å². The third-order valence-electron chi connectivity index (χ3n) is 4.14. The number of nitriles is 1. The van der Waals surface area contributed by atoms with Crippen molar-refractivity contribution in [2.75, 3.05) is 12.9 Å². The molecule has 148 valence electrons. The van der Waals surface area contributed by atoms with Crippen LogP contribution >= 0.6 is 0 Å². The lowest BCUT2D eigenvalue weighted by atomic mass is 9.91. The van der Waals surface area contributed by atoms with Crippen LogP contribution in [-0.4, -0.2) is 37.5 Å². The predicted molar refractivity (Wildman–Crippen MR) is 103 cm³/mol. The molecule has 2 aromatic rings. The highest BCUT2D eigenvalue weighted by Gasteiger charge is 2.24. The van der Waals surface area contributed by atoms with Crippen LogP contribution in [0.1, 0.15) is 36.6 Å². The fourth-order valence-corrected chi connectivity index (χ4v) is 3.48. The maximum Gasteiger partial charge on any atom is 0.405 e. The molecular formula is C19H21N3O5S. The van der Waals surface area contributed by atoms with Crippen LogP contribution in [0.15, 0.2) is 29.4 Å². The Hall–Kier alpha value is -3.12. The van der Waals surface area contributed by atoms with Crippen LogP contribution in [0.25, 0.3) is 11.1 Å². The molecule has 0 saturated heterocycles. The first kappa shape index (κ1) is 21.2. The van der Waals surface area contributed by atoms with E-state index in [9.17, 15) is 18.5 Å². The van der Waals surface area contributed by atoms with Crippen molar-refractivity contribution in [1.82, 2.24) is 10.3 Å². The molecule has 1 aromatic carbocycles. The molecule has 2 N–H and O–H groups in total. The molecule has 0 radical (unpaired) electrons. The van der Waals surface area contributed by atoms with E-state index in [1.165, 1.54) is 18.5 Å². The van der Waals surface area contributed by atoms with E-state index in [-0.39, 0.29) is 11.5 Å². The molecule has 8 nitrogen and oxygen atoms in total. The van der Waals surface area contributed by atoms with Crippen molar-refractivity contribution in [2.45, 2.75) is 31.7 Å². The molecule has 0 aliphatic rings. The van der Waals surface area contributed by atoms with Gasteiger partial charge in [-0.3, -0.25) is 4.98 Å². The Labute approximate surface area is 163 Å². The first-order chi connectivity index (χ1) is 13.1. The van der Waals surface area contributed by atoms with Gasteiger partial charge in [0.25, 0.3) is 0 Å². The Bertz CT molecular complexity index is 1060. The second kappa shape index (κ2) is 8.27. The van der Waals surface area contributed by atoms with Crippen molar-refractivity contribution in [3.63, 3.8) is 0 Å². The molecule has 1 heterocycles. The van der Waals surface area contributed by atoms with Gasteiger partial charge in [-0.2, -0.15) is 5.26 Å². The van der Waals surface area contributed by atoms with Gasteiger partial charge in [0.05, 0.1) is 23.1 Å². The Morgan fingerprint density at radius 3 is 2.61 bits per heavy atom. The molecule has 0 saturated carbocycles. The number of aryl methyl sites for hydroxylation is 1. The highest BCUT2D eigenvalue weighted by molar-refractivity contribution is 7.90. The molecule has 2 rings (SSSR count). The zero-order valence-corrected chi connectivity index (χ0v) is 16.8. The third kappa shape index (κ3) is 4.40. The lowest BCUT2D eigenvalue weighted by Crippen LogP contribution is -2.25. The van der Waals surface area contributed by atoms with Gasteiger partial charge in [-0.25, -0.2) is 13.2 Å². The topological polar surface area (TPSA) is 129 Å². The van der Waals surface area contributed by atoms with Gasteiger partial charge in [0.2, 0.25) is 0 Å². The summed E-state index contributed by atoms with van der Waals surface area (Å²) in [6.45, 7) is 5.42.